The van der Waals surface area contributed by atoms with Crippen molar-refractivity contribution < 1.29 is 4.39 Å². The molecule has 158 valence electrons. The van der Waals surface area contributed by atoms with Crippen LogP contribution in [-0.4, -0.2) is 29.7 Å². The molecule has 7 nitrogen and oxygen atoms in total. The van der Waals surface area contributed by atoms with Crippen LogP contribution in [0.25, 0.3) is 33.7 Å². The number of aryl methyl sites for hydroxylation is 3. The van der Waals surface area contributed by atoms with E-state index in [0.29, 0.717) is 17.2 Å². The SMILES string of the molecule is Cc1cc(-c2ccc(Nc3nc(C)cc4c3nc(-c3ccc(F)cc3)n4C)nn2)ccn1. The molecule has 0 saturated carbocycles. The highest BCUT2D eigenvalue weighted by Crippen LogP contribution is 2.29. The lowest BCUT2D eigenvalue weighted by Crippen LogP contribution is -2.00. The third-order valence-electron chi connectivity index (χ3n) is 5.20. The summed E-state index contributed by atoms with van der Waals surface area (Å²) in [6.45, 7) is 3.87. The number of rotatable bonds is 4. The molecular weight excluding hydrogens is 405 g/mol. The molecule has 5 aromatic rings. The van der Waals surface area contributed by atoms with Gasteiger partial charge in [0.15, 0.2) is 11.6 Å². The molecule has 0 atom stereocenters. The highest BCUT2D eigenvalue weighted by atomic mass is 19.1. The Morgan fingerprint density at radius 1 is 0.844 bits per heavy atom. The predicted octanol–water partition coefficient (Wildman–Crippen LogP) is 4.99. The van der Waals surface area contributed by atoms with Crippen molar-refractivity contribution >= 4 is 22.7 Å². The van der Waals surface area contributed by atoms with Crippen molar-refractivity contribution in [3.05, 3.63) is 78.0 Å². The zero-order valence-corrected chi connectivity index (χ0v) is 17.8. The van der Waals surface area contributed by atoms with Crippen molar-refractivity contribution in [2.75, 3.05) is 5.32 Å². The van der Waals surface area contributed by atoms with Crippen LogP contribution in [0.2, 0.25) is 0 Å². The molecule has 32 heavy (non-hydrogen) atoms. The van der Waals surface area contributed by atoms with Gasteiger partial charge in [-0.25, -0.2) is 14.4 Å². The van der Waals surface area contributed by atoms with Crippen molar-refractivity contribution in [2.45, 2.75) is 13.8 Å². The van der Waals surface area contributed by atoms with Gasteiger partial charge in [0, 0.05) is 35.8 Å². The van der Waals surface area contributed by atoms with E-state index in [1.807, 2.05) is 55.8 Å². The van der Waals surface area contributed by atoms with Crippen molar-refractivity contribution in [3.8, 4) is 22.6 Å². The molecule has 8 heteroatoms. The summed E-state index contributed by atoms with van der Waals surface area (Å²) in [7, 11) is 1.93. The molecular formula is C24H20FN7. The Hall–Kier alpha value is -4.20. The van der Waals surface area contributed by atoms with Gasteiger partial charge in [0.2, 0.25) is 0 Å². The third kappa shape index (κ3) is 3.66. The summed E-state index contributed by atoms with van der Waals surface area (Å²) in [4.78, 5) is 13.6. The maximum absolute atomic E-state index is 13.4. The number of nitrogens with zero attached hydrogens (tertiary/aromatic N) is 6. The molecule has 0 aliphatic heterocycles. The van der Waals surface area contributed by atoms with Gasteiger partial charge >= 0.3 is 0 Å². The maximum Gasteiger partial charge on any atom is 0.160 e. The number of aromatic nitrogens is 6. The van der Waals surface area contributed by atoms with Gasteiger partial charge in [-0.15, -0.1) is 10.2 Å². The van der Waals surface area contributed by atoms with Gasteiger partial charge in [-0.05, 0) is 68.4 Å². The van der Waals surface area contributed by atoms with E-state index < -0.39 is 0 Å². The summed E-state index contributed by atoms with van der Waals surface area (Å²) in [5.41, 5.74) is 5.92. The average molecular weight is 425 g/mol. The minimum atomic E-state index is -0.281. The van der Waals surface area contributed by atoms with Crippen molar-refractivity contribution in [1.82, 2.24) is 29.7 Å². The van der Waals surface area contributed by atoms with E-state index in [1.54, 1.807) is 18.3 Å². The Balaban J connectivity index is 1.51. The van der Waals surface area contributed by atoms with Crippen molar-refractivity contribution in [3.63, 3.8) is 0 Å². The van der Waals surface area contributed by atoms with Crippen LogP contribution >= 0.6 is 0 Å². The summed E-state index contributed by atoms with van der Waals surface area (Å²) in [5, 5.41) is 11.9. The van der Waals surface area contributed by atoms with E-state index in [2.05, 4.69) is 25.5 Å². The molecule has 1 N–H and O–H groups in total. The smallest absolute Gasteiger partial charge is 0.160 e. The minimum absolute atomic E-state index is 0.281. The Labute approximate surface area is 184 Å². The van der Waals surface area contributed by atoms with Crippen molar-refractivity contribution in [2.24, 2.45) is 7.05 Å². The minimum Gasteiger partial charge on any atom is -0.327 e. The topological polar surface area (TPSA) is 81.4 Å². The number of anilines is 2. The second-order valence-corrected chi connectivity index (χ2v) is 7.60. The van der Waals surface area contributed by atoms with Crippen LogP contribution in [0, 0.1) is 19.7 Å². The number of benzene rings is 1. The fraction of sp³-hybridized carbons (Fsp3) is 0.125. The summed E-state index contributed by atoms with van der Waals surface area (Å²) in [6.07, 6.45) is 1.76. The first kappa shape index (κ1) is 19.7. The molecule has 0 aliphatic carbocycles. The summed E-state index contributed by atoms with van der Waals surface area (Å²) < 4.78 is 15.3. The van der Waals surface area contributed by atoms with Crippen LogP contribution in [0.15, 0.2) is 60.8 Å². The van der Waals surface area contributed by atoms with Gasteiger partial charge in [0.05, 0.1) is 11.2 Å². The highest BCUT2D eigenvalue weighted by Gasteiger charge is 2.16. The van der Waals surface area contributed by atoms with E-state index in [4.69, 9.17) is 4.98 Å². The van der Waals surface area contributed by atoms with E-state index >= 15 is 0 Å². The molecule has 0 unspecified atom stereocenters. The quantitative estimate of drug-likeness (QED) is 0.437. The average Bonchev–Trinajstić information content (AvgIpc) is 3.11. The van der Waals surface area contributed by atoms with E-state index in [9.17, 15) is 4.39 Å². The second kappa shape index (κ2) is 7.81. The lowest BCUT2D eigenvalue weighted by molar-refractivity contribution is 0.628. The molecule has 0 amide bonds. The first-order valence-corrected chi connectivity index (χ1v) is 10.1. The fourth-order valence-electron chi connectivity index (χ4n) is 3.63. The first-order chi connectivity index (χ1) is 15.5. The number of hydrogen-bond acceptors (Lipinski definition) is 6. The highest BCUT2D eigenvalue weighted by molar-refractivity contribution is 5.91. The molecule has 0 aliphatic rings. The van der Waals surface area contributed by atoms with Gasteiger partial charge in [0.25, 0.3) is 0 Å². The monoisotopic (exact) mass is 425 g/mol. The van der Waals surface area contributed by atoms with Crippen molar-refractivity contribution in [1.29, 1.82) is 0 Å². The second-order valence-electron chi connectivity index (χ2n) is 7.60. The van der Waals surface area contributed by atoms with Crippen LogP contribution < -0.4 is 5.32 Å². The zero-order valence-electron chi connectivity index (χ0n) is 17.8. The van der Waals surface area contributed by atoms with E-state index in [0.717, 1.165) is 39.5 Å². The Morgan fingerprint density at radius 2 is 1.66 bits per heavy atom. The molecule has 0 radical (unpaired) electrons. The molecule has 1 aromatic carbocycles. The normalized spacial score (nSPS) is 11.1. The number of nitrogens with one attached hydrogen (secondary N) is 1. The zero-order chi connectivity index (χ0) is 22.2. The lowest BCUT2D eigenvalue weighted by Gasteiger charge is -2.07. The number of imidazole rings is 1. The van der Waals surface area contributed by atoms with Gasteiger partial charge in [-0.2, -0.15) is 0 Å². The van der Waals surface area contributed by atoms with Crippen LogP contribution in [-0.2, 0) is 7.05 Å². The van der Waals surface area contributed by atoms with Gasteiger partial charge in [0.1, 0.15) is 17.2 Å². The summed E-state index contributed by atoms with van der Waals surface area (Å²) >= 11 is 0. The third-order valence-corrected chi connectivity index (χ3v) is 5.20. The van der Waals surface area contributed by atoms with Gasteiger partial charge in [-0.3, -0.25) is 4.98 Å². The molecule has 4 aromatic heterocycles. The molecule has 0 fully saturated rings. The largest absolute Gasteiger partial charge is 0.327 e. The Kier molecular flexibility index (Phi) is 4.82. The molecule has 0 saturated heterocycles. The Morgan fingerprint density at radius 3 is 2.38 bits per heavy atom. The van der Waals surface area contributed by atoms with E-state index in [-0.39, 0.29) is 5.82 Å². The predicted molar refractivity (Wildman–Crippen MR) is 122 cm³/mol. The first-order valence-electron chi connectivity index (χ1n) is 10.1. The Bertz CT molecular complexity index is 1420. The fourth-order valence-corrected chi connectivity index (χ4v) is 3.63. The maximum atomic E-state index is 13.4. The number of hydrogen-bond donors (Lipinski definition) is 1. The summed E-state index contributed by atoms with van der Waals surface area (Å²) in [5.74, 6) is 1.60. The van der Waals surface area contributed by atoms with Crippen LogP contribution in [0.3, 0.4) is 0 Å². The molecule has 4 heterocycles. The van der Waals surface area contributed by atoms with E-state index in [1.165, 1.54) is 12.1 Å². The van der Waals surface area contributed by atoms with Crippen LogP contribution in [0.5, 0.6) is 0 Å². The van der Waals surface area contributed by atoms with Crippen LogP contribution in [0.4, 0.5) is 16.0 Å². The number of halogens is 1. The van der Waals surface area contributed by atoms with Crippen LogP contribution in [0.1, 0.15) is 11.4 Å². The lowest BCUT2D eigenvalue weighted by atomic mass is 10.1. The van der Waals surface area contributed by atoms with Gasteiger partial charge in [-0.1, -0.05) is 0 Å². The molecule has 0 spiro atoms. The number of fused-ring (bicyclic) bond motifs is 1. The standard InChI is InChI=1S/C24H20FN7/c1-14-12-17(10-11-26-14)19-8-9-21(31-30-19)28-23-22-20(13-15(2)27-23)32(3)24(29-22)16-4-6-18(25)7-5-16/h4-13H,1-3H3,(H,27,28,31). The van der Waals surface area contributed by atoms with Gasteiger partial charge < -0.3 is 9.88 Å². The number of pyridine rings is 2. The molecule has 0 bridgehead atoms. The summed E-state index contributed by atoms with van der Waals surface area (Å²) in [6, 6.07) is 15.9. The molecule has 5 rings (SSSR count).